The molecule has 3 rings (SSSR count). The van der Waals surface area contributed by atoms with Gasteiger partial charge in [0.25, 0.3) is 5.91 Å². The van der Waals surface area contributed by atoms with Crippen LogP contribution in [0.25, 0.3) is 10.9 Å². The third kappa shape index (κ3) is 6.35. The summed E-state index contributed by atoms with van der Waals surface area (Å²) in [7, 11) is 0. The van der Waals surface area contributed by atoms with Crippen LogP contribution in [-0.4, -0.2) is 73.8 Å². The highest BCUT2D eigenvalue weighted by molar-refractivity contribution is 6.00. The molecular formula is C26H35N3O7. The maximum absolute atomic E-state index is 13.8. The molecule has 3 amide bonds. The lowest BCUT2D eigenvalue weighted by Crippen LogP contribution is -2.57. The monoisotopic (exact) mass is 501 g/mol. The first-order chi connectivity index (χ1) is 16.7. The van der Waals surface area contributed by atoms with Gasteiger partial charge < -0.3 is 19.6 Å². The Morgan fingerprint density at radius 1 is 1.08 bits per heavy atom. The van der Waals surface area contributed by atoms with Gasteiger partial charge in [-0.2, -0.15) is 0 Å². The quantitative estimate of drug-likeness (QED) is 0.624. The van der Waals surface area contributed by atoms with Crippen LogP contribution in [-0.2, 0) is 25.5 Å². The lowest BCUT2D eigenvalue weighted by Gasteiger charge is -2.34. The predicted octanol–water partition coefficient (Wildman–Crippen LogP) is 4.33. The molecular weight excluding hydrogens is 466 g/mol. The average Bonchev–Trinajstić information content (AvgIpc) is 3.38. The van der Waals surface area contributed by atoms with E-state index >= 15 is 0 Å². The van der Waals surface area contributed by atoms with E-state index in [1.54, 1.807) is 47.7 Å². The molecule has 36 heavy (non-hydrogen) atoms. The lowest BCUT2D eigenvalue weighted by atomic mass is 10.0. The molecule has 2 heterocycles. The summed E-state index contributed by atoms with van der Waals surface area (Å²) in [6.07, 6.45) is 0.556. The normalized spacial score (nSPS) is 17.1. The number of likely N-dealkylation sites (tertiary alicyclic amines) is 1. The number of amides is 3. The molecule has 0 radical (unpaired) electrons. The second-order valence-electron chi connectivity index (χ2n) is 10.9. The number of nitrogens with zero attached hydrogens (tertiary/aromatic N) is 2. The summed E-state index contributed by atoms with van der Waals surface area (Å²) in [4.78, 5) is 57.4. The second-order valence-corrected chi connectivity index (χ2v) is 10.9. The van der Waals surface area contributed by atoms with Crippen LogP contribution < -0.4 is 0 Å². The Morgan fingerprint density at radius 3 is 2.33 bits per heavy atom. The van der Waals surface area contributed by atoms with E-state index in [0.717, 1.165) is 10.9 Å². The van der Waals surface area contributed by atoms with Crippen molar-refractivity contribution in [2.75, 3.05) is 6.54 Å². The molecule has 1 aromatic heterocycles. The number of imide groups is 1. The van der Waals surface area contributed by atoms with Gasteiger partial charge in [-0.25, -0.2) is 19.3 Å². The van der Waals surface area contributed by atoms with E-state index in [9.17, 15) is 24.3 Å². The number of ether oxygens (including phenoxy) is 2. The van der Waals surface area contributed by atoms with Gasteiger partial charge >= 0.3 is 18.2 Å². The van der Waals surface area contributed by atoms with Crippen LogP contribution in [0, 0.1) is 0 Å². The average molecular weight is 502 g/mol. The SMILES string of the molecule is CC(C)(C)OC(=O)N1CCC[C@@H]1C(=O)N(C(=O)OC(C)(C)C)[C@@H](Cc1c[nH]c2ccccc12)C(=O)O. The molecule has 1 aliphatic heterocycles. The maximum Gasteiger partial charge on any atom is 0.417 e. The number of aromatic nitrogens is 1. The number of rotatable bonds is 5. The molecule has 10 heteroatoms. The summed E-state index contributed by atoms with van der Waals surface area (Å²) in [5, 5.41) is 11.0. The second kappa shape index (κ2) is 10.2. The van der Waals surface area contributed by atoms with Gasteiger partial charge in [-0.1, -0.05) is 18.2 Å². The summed E-state index contributed by atoms with van der Waals surface area (Å²) >= 11 is 0. The van der Waals surface area contributed by atoms with Crippen LogP contribution in [0.3, 0.4) is 0 Å². The Hall–Kier alpha value is -3.56. The van der Waals surface area contributed by atoms with Crippen LogP contribution >= 0.6 is 0 Å². The van der Waals surface area contributed by atoms with Crippen molar-refractivity contribution in [3.8, 4) is 0 Å². The summed E-state index contributed by atoms with van der Waals surface area (Å²) in [5.41, 5.74) is -0.315. The topological polar surface area (TPSA) is 129 Å². The Kier molecular flexibility index (Phi) is 7.66. The minimum Gasteiger partial charge on any atom is -0.480 e. The number of carboxylic acid groups (broad SMARTS) is 1. The summed E-state index contributed by atoms with van der Waals surface area (Å²) < 4.78 is 10.9. The first-order valence-electron chi connectivity index (χ1n) is 12.0. The molecule has 0 spiro atoms. The number of fused-ring (bicyclic) bond motifs is 1. The number of hydrogen-bond acceptors (Lipinski definition) is 6. The zero-order valence-electron chi connectivity index (χ0n) is 21.7. The van der Waals surface area contributed by atoms with Crippen molar-refractivity contribution in [1.82, 2.24) is 14.8 Å². The minimum atomic E-state index is -1.55. The van der Waals surface area contributed by atoms with Crippen molar-refractivity contribution < 1.29 is 33.8 Å². The number of carbonyl (C=O) groups is 4. The summed E-state index contributed by atoms with van der Waals surface area (Å²) in [6.45, 7) is 10.3. The van der Waals surface area contributed by atoms with Crippen LogP contribution in [0.1, 0.15) is 59.9 Å². The van der Waals surface area contributed by atoms with E-state index in [2.05, 4.69) is 4.98 Å². The molecule has 2 atom stereocenters. The number of H-pyrrole nitrogens is 1. The van der Waals surface area contributed by atoms with Crippen molar-refractivity contribution in [3.63, 3.8) is 0 Å². The molecule has 0 bridgehead atoms. The molecule has 0 unspecified atom stereocenters. The molecule has 0 aliphatic carbocycles. The fourth-order valence-electron chi connectivity index (χ4n) is 4.20. The number of hydrogen-bond donors (Lipinski definition) is 2. The van der Waals surface area contributed by atoms with Crippen molar-refractivity contribution in [2.45, 2.75) is 84.1 Å². The molecule has 0 saturated carbocycles. The van der Waals surface area contributed by atoms with Gasteiger partial charge in [-0.15, -0.1) is 0 Å². The van der Waals surface area contributed by atoms with E-state index in [0.29, 0.717) is 16.9 Å². The van der Waals surface area contributed by atoms with Gasteiger partial charge in [0, 0.05) is 30.1 Å². The van der Waals surface area contributed by atoms with E-state index in [1.165, 1.54) is 4.90 Å². The fraction of sp³-hybridized carbons (Fsp3) is 0.538. The molecule has 1 saturated heterocycles. The number of aromatic amines is 1. The largest absolute Gasteiger partial charge is 0.480 e. The Bertz CT molecular complexity index is 1140. The van der Waals surface area contributed by atoms with Gasteiger partial charge in [-0.05, 0) is 66.0 Å². The van der Waals surface area contributed by atoms with Gasteiger partial charge in [0.15, 0.2) is 0 Å². The molecule has 1 aromatic carbocycles. The molecule has 10 nitrogen and oxygen atoms in total. The van der Waals surface area contributed by atoms with Crippen molar-refractivity contribution in [1.29, 1.82) is 0 Å². The third-order valence-corrected chi connectivity index (χ3v) is 5.68. The predicted molar refractivity (Wildman–Crippen MR) is 132 cm³/mol. The highest BCUT2D eigenvalue weighted by Crippen LogP contribution is 2.27. The first kappa shape index (κ1) is 27.0. The number of para-hydroxylation sites is 1. The molecule has 1 fully saturated rings. The smallest absolute Gasteiger partial charge is 0.417 e. The third-order valence-electron chi connectivity index (χ3n) is 5.68. The van der Waals surface area contributed by atoms with Gasteiger partial charge in [-0.3, -0.25) is 9.69 Å². The van der Waals surface area contributed by atoms with Crippen LogP contribution in [0.15, 0.2) is 30.5 Å². The fourth-order valence-corrected chi connectivity index (χ4v) is 4.20. The van der Waals surface area contributed by atoms with Crippen molar-refractivity contribution >= 4 is 35.0 Å². The lowest BCUT2D eigenvalue weighted by molar-refractivity contribution is -0.151. The Balaban J connectivity index is 1.98. The maximum atomic E-state index is 13.8. The van der Waals surface area contributed by atoms with Crippen LogP contribution in [0.5, 0.6) is 0 Å². The van der Waals surface area contributed by atoms with E-state index in [4.69, 9.17) is 9.47 Å². The highest BCUT2D eigenvalue weighted by atomic mass is 16.6. The van der Waals surface area contributed by atoms with Crippen LogP contribution in [0.4, 0.5) is 9.59 Å². The number of aliphatic carboxylic acids is 1. The van der Waals surface area contributed by atoms with Gasteiger partial charge in [0.05, 0.1) is 0 Å². The van der Waals surface area contributed by atoms with Crippen molar-refractivity contribution in [3.05, 3.63) is 36.0 Å². The molecule has 2 N–H and O–H groups in total. The number of benzene rings is 1. The van der Waals surface area contributed by atoms with E-state index < -0.39 is 47.3 Å². The molecule has 1 aliphatic rings. The van der Waals surface area contributed by atoms with Gasteiger partial charge in [0.2, 0.25) is 0 Å². The Labute approximate surface area is 210 Å². The first-order valence-corrected chi connectivity index (χ1v) is 12.0. The zero-order chi connectivity index (χ0) is 26.8. The number of carbonyl (C=O) groups excluding carboxylic acids is 3. The van der Waals surface area contributed by atoms with Crippen molar-refractivity contribution in [2.24, 2.45) is 0 Å². The highest BCUT2D eigenvalue weighted by Gasteiger charge is 2.45. The zero-order valence-corrected chi connectivity index (χ0v) is 21.7. The standard InChI is InChI=1S/C26H35N3O7/c1-25(2,3)35-23(33)28-13-9-12-19(28)21(30)29(24(34)36-26(4,5)6)20(22(31)32)14-16-15-27-18-11-8-7-10-17(16)18/h7-8,10-11,15,19-20,27H,9,12-14H2,1-6H3,(H,31,32)/t19-,20+/m1/s1. The Morgan fingerprint density at radius 2 is 1.72 bits per heavy atom. The summed E-state index contributed by atoms with van der Waals surface area (Å²) in [5.74, 6) is -2.17. The van der Waals surface area contributed by atoms with E-state index in [-0.39, 0.29) is 19.4 Å². The minimum absolute atomic E-state index is 0.135. The van der Waals surface area contributed by atoms with Gasteiger partial charge in [0.1, 0.15) is 23.3 Å². The summed E-state index contributed by atoms with van der Waals surface area (Å²) in [6, 6.07) is 4.76. The molecule has 196 valence electrons. The van der Waals surface area contributed by atoms with E-state index in [1.807, 2.05) is 24.3 Å². The molecule has 2 aromatic rings. The number of nitrogens with one attached hydrogen (secondary N) is 1. The van der Waals surface area contributed by atoms with Crippen LogP contribution in [0.2, 0.25) is 0 Å². The number of carboxylic acids is 1.